The summed E-state index contributed by atoms with van der Waals surface area (Å²) in [5, 5.41) is 1.32. The zero-order valence-electron chi connectivity index (χ0n) is 6.35. The van der Waals surface area contributed by atoms with Crippen molar-refractivity contribution in [1.29, 1.82) is 0 Å². The molecule has 0 amide bonds. The van der Waals surface area contributed by atoms with Crippen LogP contribution in [0.2, 0.25) is 0 Å². The molecule has 1 heterocycles. The van der Waals surface area contributed by atoms with Crippen molar-refractivity contribution in [2.24, 2.45) is 0 Å². The quantitative estimate of drug-likeness (QED) is 0.603. The van der Waals surface area contributed by atoms with E-state index in [9.17, 15) is 0 Å². The molecule has 0 aliphatic heterocycles. The highest BCUT2D eigenvalue weighted by Crippen LogP contribution is 2.31. The highest BCUT2D eigenvalue weighted by Gasteiger charge is 2.19. The number of rotatable bonds is 1. The molecule has 1 nitrogen and oxygen atoms in total. The van der Waals surface area contributed by atoms with Gasteiger partial charge in [0.05, 0.1) is 10.7 Å². The Morgan fingerprint density at radius 1 is 1.40 bits per heavy atom. The number of nitrogens with zero attached hydrogens (tertiary/aromatic N) is 1. The van der Waals surface area contributed by atoms with Gasteiger partial charge < -0.3 is 0 Å². The van der Waals surface area contributed by atoms with Gasteiger partial charge in [-0.1, -0.05) is 13.8 Å². The molecule has 0 radical (unpaired) electrons. The fourth-order valence-corrected chi connectivity index (χ4v) is 2.21. The zero-order chi connectivity index (χ0) is 7.14. The van der Waals surface area contributed by atoms with E-state index in [2.05, 4.69) is 18.8 Å². The van der Waals surface area contributed by atoms with E-state index in [1.165, 1.54) is 28.4 Å². The number of hydrogen-bond donors (Lipinski definition) is 0. The fraction of sp³-hybridized carbons (Fsp3) is 0.625. The van der Waals surface area contributed by atoms with Crippen LogP contribution in [0.4, 0.5) is 0 Å². The monoisotopic (exact) mass is 153 g/mol. The minimum atomic E-state index is 0.621. The molecule has 0 fully saturated rings. The number of fused-ring (bicyclic) bond motifs is 1. The Hall–Kier alpha value is -0.370. The van der Waals surface area contributed by atoms with Crippen molar-refractivity contribution in [2.45, 2.75) is 32.6 Å². The summed E-state index contributed by atoms with van der Waals surface area (Å²) in [7, 11) is 0. The van der Waals surface area contributed by atoms with E-state index in [4.69, 9.17) is 0 Å². The summed E-state index contributed by atoms with van der Waals surface area (Å²) in [4.78, 5) is 6.05. The minimum absolute atomic E-state index is 0.621. The van der Waals surface area contributed by atoms with Crippen LogP contribution in [0.15, 0.2) is 0 Å². The summed E-state index contributed by atoms with van der Waals surface area (Å²) in [5.41, 5.74) is 1.37. The van der Waals surface area contributed by atoms with Crippen LogP contribution in [-0.4, -0.2) is 4.98 Å². The van der Waals surface area contributed by atoms with Gasteiger partial charge in [0.25, 0.3) is 0 Å². The molecule has 1 aromatic heterocycles. The van der Waals surface area contributed by atoms with Crippen molar-refractivity contribution in [2.75, 3.05) is 0 Å². The molecule has 0 unspecified atom stereocenters. The van der Waals surface area contributed by atoms with Gasteiger partial charge in [-0.2, -0.15) is 0 Å². The lowest BCUT2D eigenvalue weighted by Crippen LogP contribution is -2.04. The second-order valence-corrected chi connectivity index (χ2v) is 4.19. The third kappa shape index (κ3) is 0.788. The lowest BCUT2D eigenvalue weighted by atomic mass is 10.0. The fourth-order valence-electron chi connectivity index (χ4n) is 1.10. The molecule has 2 heteroatoms. The zero-order valence-corrected chi connectivity index (χ0v) is 7.16. The molecule has 54 valence electrons. The smallest absolute Gasteiger partial charge is 0.0956 e. The Bertz CT molecular complexity index is 228. The SMILES string of the molecule is CC(C)c1nc2c(s1)CC2. The van der Waals surface area contributed by atoms with Gasteiger partial charge in [-0.15, -0.1) is 11.3 Å². The summed E-state index contributed by atoms with van der Waals surface area (Å²) in [5.74, 6) is 0.621. The molecule has 0 spiro atoms. The molecule has 1 aliphatic carbocycles. The Morgan fingerprint density at radius 2 is 2.20 bits per heavy atom. The second-order valence-electron chi connectivity index (χ2n) is 3.08. The van der Waals surface area contributed by atoms with Crippen LogP contribution >= 0.6 is 11.3 Å². The van der Waals surface area contributed by atoms with Gasteiger partial charge in [0.2, 0.25) is 0 Å². The van der Waals surface area contributed by atoms with Crippen LogP contribution in [0, 0.1) is 0 Å². The van der Waals surface area contributed by atoms with Crippen molar-refractivity contribution in [3.05, 3.63) is 15.6 Å². The third-order valence-electron chi connectivity index (χ3n) is 1.88. The first-order valence-corrected chi connectivity index (χ1v) is 4.57. The van der Waals surface area contributed by atoms with Crippen molar-refractivity contribution in [3.8, 4) is 0 Å². The van der Waals surface area contributed by atoms with E-state index in [0.29, 0.717) is 5.92 Å². The van der Waals surface area contributed by atoms with Crippen LogP contribution in [0.5, 0.6) is 0 Å². The lowest BCUT2D eigenvalue weighted by molar-refractivity contribution is 0.791. The van der Waals surface area contributed by atoms with Crippen molar-refractivity contribution in [1.82, 2.24) is 4.98 Å². The maximum absolute atomic E-state index is 4.52. The molecule has 0 N–H and O–H groups in total. The maximum Gasteiger partial charge on any atom is 0.0956 e. The molecule has 10 heavy (non-hydrogen) atoms. The summed E-state index contributed by atoms with van der Waals surface area (Å²) in [6.07, 6.45) is 2.50. The lowest BCUT2D eigenvalue weighted by Gasteiger charge is -2.07. The normalized spacial score (nSPS) is 15.1. The molecule has 0 aromatic carbocycles. The Morgan fingerprint density at radius 3 is 2.50 bits per heavy atom. The first-order chi connectivity index (χ1) is 4.77. The van der Waals surface area contributed by atoms with Crippen molar-refractivity contribution in [3.63, 3.8) is 0 Å². The van der Waals surface area contributed by atoms with E-state index in [0.717, 1.165) is 0 Å². The van der Waals surface area contributed by atoms with Crippen LogP contribution in [-0.2, 0) is 12.8 Å². The van der Waals surface area contributed by atoms with Gasteiger partial charge in [-0.3, -0.25) is 0 Å². The molecule has 1 aromatic rings. The van der Waals surface area contributed by atoms with E-state index in [-0.39, 0.29) is 0 Å². The second kappa shape index (κ2) is 2.06. The van der Waals surface area contributed by atoms with Crippen molar-refractivity contribution >= 4 is 11.3 Å². The van der Waals surface area contributed by atoms with E-state index >= 15 is 0 Å². The topological polar surface area (TPSA) is 12.9 Å². The Balaban J connectivity index is 2.37. The highest BCUT2D eigenvalue weighted by atomic mass is 32.1. The number of aryl methyl sites for hydroxylation is 2. The molecule has 2 rings (SSSR count). The average Bonchev–Trinajstić information content (AvgIpc) is 2.09. The summed E-state index contributed by atoms with van der Waals surface area (Å²) < 4.78 is 0. The molecular formula is C8H11NS. The van der Waals surface area contributed by atoms with E-state index < -0.39 is 0 Å². The molecule has 1 aliphatic rings. The number of thiazole rings is 1. The molecule has 0 bridgehead atoms. The van der Waals surface area contributed by atoms with E-state index in [1.807, 2.05) is 11.3 Å². The Kier molecular flexibility index (Phi) is 1.31. The predicted octanol–water partition coefficient (Wildman–Crippen LogP) is 2.37. The van der Waals surface area contributed by atoms with Gasteiger partial charge >= 0.3 is 0 Å². The van der Waals surface area contributed by atoms with Crippen LogP contribution < -0.4 is 0 Å². The number of hydrogen-bond acceptors (Lipinski definition) is 2. The first kappa shape index (κ1) is 6.35. The van der Waals surface area contributed by atoms with Gasteiger partial charge in [0.15, 0.2) is 0 Å². The molecular weight excluding hydrogens is 142 g/mol. The summed E-state index contributed by atoms with van der Waals surface area (Å²) in [6, 6.07) is 0. The first-order valence-electron chi connectivity index (χ1n) is 3.76. The maximum atomic E-state index is 4.52. The average molecular weight is 153 g/mol. The summed E-state index contributed by atoms with van der Waals surface area (Å²) in [6.45, 7) is 4.41. The largest absolute Gasteiger partial charge is 0.246 e. The van der Waals surface area contributed by atoms with Crippen molar-refractivity contribution < 1.29 is 0 Å². The molecule has 0 saturated heterocycles. The highest BCUT2D eigenvalue weighted by molar-refractivity contribution is 7.12. The minimum Gasteiger partial charge on any atom is -0.246 e. The van der Waals surface area contributed by atoms with Gasteiger partial charge in [0.1, 0.15) is 0 Å². The van der Waals surface area contributed by atoms with Crippen LogP contribution in [0.3, 0.4) is 0 Å². The standard InChI is InChI=1S/C8H11NS/c1-5(2)8-9-6-3-4-7(6)10-8/h5H,3-4H2,1-2H3. The number of aromatic nitrogens is 1. The van der Waals surface area contributed by atoms with Crippen LogP contribution in [0.1, 0.15) is 35.3 Å². The van der Waals surface area contributed by atoms with Gasteiger partial charge in [-0.05, 0) is 12.8 Å². The predicted molar refractivity (Wildman–Crippen MR) is 43.6 cm³/mol. The van der Waals surface area contributed by atoms with Gasteiger partial charge in [-0.25, -0.2) is 4.98 Å². The Labute approximate surface area is 65.1 Å². The van der Waals surface area contributed by atoms with Gasteiger partial charge in [0, 0.05) is 10.8 Å². The third-order valence-corrected chi connectivity index (χ3v) is 3.34. The molecule has 0 atom stereocenters. The van der Waals surface area contributed by atoms with E-state index in [1.54, 1.807) is 0 Å². The molecule has 0 saturated carbocycles. The van der Waals surface area contributed by atoms with Crippen LogP contribution in [0.25, 0.3) is 0 Å². The summed E-state index contributed by atoms with van der Waals surface area (Å²) >= 11 is 1.90.